The van der Waals surface area contributed by atoms with Gasteiger partial charge in [-0.15, -0.1) is 0 Å². The van der Waals surface area contributed by atoms with E-state index in [0.717, 1.165) is 19.3 Å². The average molecular weight is 366 g/mol. The number of rotatable bonds is 6. The molecule has 0 unspecified atom stereocenters. The summed E-state index contributed by atoms with van der Waals surface area (Å²) >= 11 is 0. The molecule has 4 rings (SSSR count). The van der Waals surface area contributed by atoms with Gasteiger partial charge in [-0.05, 0) is 25.3 Å². The second-order valence-corrected chi connectivity index (χ2v) is 8.75. The molecule has 1 aliphatic carbocycles. The SMILES string of the molecule is O=S(=O)(C1CC1)N1CC[C@@H](COc2cnc(-c3ccn[nH]3)c(F)c2)C1. The molecular weight excluding hydrogens is 347 g/mol. The molecule has 2 aliphatic rings. The number of halogens is 1. The van der Waals surface area contributed by atoms with E-state index in [2.05, 4.69) is 15.2 Å². The summed E-state index contributed by atoms with van der Waals surface area (Å²) in [6.07, 6.45) is 5.30. The van der Waals surface area contributed by atoms with E-state index < -0.39 is 15.8 Å². The van der Waals surface area contributed by atoms with Crippen molar-refractivity contribution in [2.75, 3.05) is 19.7 Å². The third-order valence-corrected chi connectivity index (χ3v) is 6.98. The molecule has 2 aromatic rings. The van der Waals surface area contributed by atoms with Crippen LogP contribution in [0.3, 0.4) is 0 Å². The maximum absolute atomic E-state index is 14.2. The monoisotopic (exact) mass is 366 g/mol. The van der Waals surface area contributed by atoms with Crippen LogP contribution in [0.4, 0.5) is 4.39 Å². The molecule has 0 radical (unpaired) electrons. The third kappa shape index (κ3) is 3.38. The Balaban J connectivity index is 1.35. The molecule has 0 aromatic carbocycles. The van der Waals surface area contributed by atoms with Gasteiger partial charge in [0.15, 0.2) is 5.82 Å². The maximum atomic E-state index is 14.2. The molecule has 0 bridgehead atoms. The van der Waals surface area contributed by atoms with Gasteiger partial charge < -0.3 is 4.74 Å². The Morgan fingerprint density at radius 1 is 1.36 bits per heavy atom. The Morgan fingerprint density at radius 3 is 2.88 bits per heavy atom. The summed E-state index contributed by atoms with van der Waals surface area (Å²) in [6, 6.07) is 2.93. The van der Waals surface area contributed by atoms with Gasteiger partial charge in [0.1, 0.15) is 11.4 Å². The van der Waals surface area contributed by atoms with Crippen molar-refractivity contribution in [1.29, 1.82) is 0 Å². The van der Waals surface area contributed by atoms with Crippen molar-refractivity contribution in [1.82, 2.24) is 19.5 Å². The quantitative estimate of drug-likeness (QED) is 0.842. The second kappa shape index (κ2) is 6.38. The fourth-order valence-electron chi connectivity index (χ4n) is 3.04. The van der Waals surface area contributed by atoms with E-state index in [0.29, 0.717) is 31.1 Å². The lowest BCUT2D eigenvalue weighted by atomic mass is 10.1. The largest absolute Gasteiger partial charge is 0.492 e. The molecule has 1 saturated heterocycles. The van der Waals surface area contributed by atoms with Crippen LogP contribution in [0.15, 0.2) is 24.5 Å². The molecule has 25 heavy (non-hydrogen) atoms. The Hall–Kier alpha value is -2.00. The third-order valence-electron chi connectivity index (χ3n) is 4.61. The van der Waals surface area contributed by atoms with Crippen molar-refractivity contribution >= 4 is 10.0 Å². The fraction of sp³-hybridized carbons (Fsp3) is 0.500. The first-order valence-electron chi connectivity index (χ1n) is 8.31. The predicted octanol–water partition coefficient (Wildman–Crippen LogP) is 1.80. The highest BCUT2D eigenvalue weighted by Crippen LogP contribution is 2.33. The molecule has 2 fully saturated rings. The van der Waals surface area contributed by atoms with Crippen LogP contribution in [0.5, 0.6) is 5.75 Å². The standard InChI is InChI=1S/C16H19FN4O3S/c17-14-7-12(8-18-16(14)15-3-5-19-20-15)24-10-11-4-6-21(9-11)25(22,23)13-1-2-13/h3,5,7-8,11,13H,1-2,4,6,9-10H2,(H,19,20)/t11-/m1/s1. The number of nitrogens with zero attached hydrogens (tertiary/aromatic N) is 3. The number of hydrogen-bond acceptors (Lipinski definition) is 5. The lowest BCUT2D eigenvalue weighted by molar-refractivity contribution is 0.253. The first-order valence-corrected chi connectivity index (χ1v) is 9.81. The summed E-state index contributed by atoms with van der Waals surface area (Å²) in [5, 5.41) is 6.27. The first kappa shape index (κ1) is 16.5. The zero-order valence-electron chi connectivity index (χ0n) is 13.6. The van der Waals surface area contributed by atoms with Crippen molar-refractivity contribution in [2.45, 2.75) is 24.5 Å². The zero-order valence-corrected chi connectivity index (χ0v) is 14.4. The first-order chi connectivity index (χ1) is 12.0. The minimum atomic E-state index is -3.12. The minimum absolute atomic E-state index is 0.115. The van der Waals surface area contributed by atoms with Crippen LogP contribution in [-0.2, 0) is 10.0 Å². The number of H-pyrrole nitrogens is 1. The topological polar surface area (TPSA) is 88.2 Å². The summed E-state index contributed by atoms with van der Waals surface area (Å²) < 4.78 is 45.8. The molecule has 1 atom stereocenters. The summed E-state index contributed by atoms with van der Waals surface area (Å²) in [6.45, 7) is 1.36. The summed E-state index contributed by atoms with van der Waals surface area (Å²) in [5.74, 6) is -0.0424. The Labute approximate surface area is 145 Å². The van der Waals surface area contributed by atoms with Gasteiger partial charge >= 0.3 is 0 Å². The summed E-state index contributed by atoms with van der Waals surface area (Å²) in [7, 11) is -3.12. The molecule has 1 saturated carbocycles. The van der Waals surface area contributed by atoms with Crippen LogP contribution in [0, 0.1) is 11.7 Å². The van der Waals surface area contributed by atoms with E-state index in [1.165, 1.54) is 18.5 Å². The number of aromatic nitrogens is 3. The van der Waals surface area contributed by atoms with Crippen LogP contribution in [0.2, 0.25) is 0 Å². The van der Waals surface area contributed by atoms with Crippen LogP contribution in [0.25, 0.3) is 11.4 Å². The van der Waals surface area contributed by atoms with E-state index in [1.807, 2.05) is 0 Å². The smallest absolute Gasteiger partial charge is 0.216 e. The van der Waals surface area contributed by atoms with Gasteiger partial charge in [-0.2, -0.15) is 5.10 Å². The fourth-order valence-corrected chi connectivity index (χ4v) is 4.97. The van der Waals surface area contributed by atoms with Crippen LogP contribution in [0.1, 0.15) is 19.3 Å². The van der Waals surface area contributed by atoms with E-state index in [9.17, 15) is 12.8 Å². The highest BCUT2D eigenvalue weighted by Gasteiger charge is 2.42. The van der Waals surface area contributed by atoms with Crippen molar-refractivity contribution in [3.63, 3.8) is 0 Å². The Bertz CT molecular complexity index is 852. The van der Waals surface area contributed by atoms with Gasteiger partial charge in [-0.25, -0.2) is 22.1 Å². The lowest BCUT2D eigenvalue weighted by Crippen LogP contribution is -2.32. The number of pyridine rings is 1. The van der Waals surface area contributed by atoms with Gasteiger partial charge in [0.25, 0.3) is 0 Å². The molecule has 3 heterocycles. The predicted molar refractivity (Wildman–Crippen MR) is 88.9 cm³/mol. The van der Waals surface area contributed by atoms with E-state index in [1.54, 1.807) is 10.4 Å². The number of ether oxygens (including phenoxy) is 1. The zero-order chi connectivity index (χ0) is 17.4. The van der Waals surface area contributed by atoms with Crippen LogP contribution >= 0.6 is 0 Å². The van der Waals surface area contributed by atoms with Gasteiger partial charge in [-0.1, -0.05) is 0 Å². The molecular formula is C16H19FN4O3S. The van der Waals surface area contributed by atoms with Crippen molar-refractivity contribution in [2.24, 2.45) is 5.92 Å². The second-order valence-electron chi connectivity index (χ2n) is 6.54. The van der Waals surface area contributed by atoms with Crippen LogP contribution in [-0.4, -0.2) is 52.9 Å². The van der Waals surface area contributed by atoms with Crippen molar-refractivity contribution in [3.05, 3.63) is 30.3 Å². The summed E-state index contributed by atoms with van der Waals surface area (Å²) in [5.41, 5.74) is 0.688. The maximum Gasteiger partial charge on any atom is 0.216 e. The minimum Gasteiger partial charge on any atom is -0.492 e. The molecule has 2 aromatic heterocycles. The Morgan fingerprint density at radius 2 is 2.20 bits per heavy atom. The molecule has 7 nitrogen and oxygen atoms in total. The molecule has 0 amide bonds. The molecule has 9 heteroatoms. The van der Waals surface area contributed by atoms with E-state index in [4.69, 9.17) is 4.74 Å². The number of nitrogens with one attached hydrogen (secondary N) is 1. The normalized spacial score (nSPS) is 21.6. The van der Waals surface area contributed by atoms with Crippen molar-refractivity contribution < 1.29 is 17.5 Å². The Kier molecular flexibility index (Phi) is 4.20. The van der Waals surface area contributed by atoms with Gasteiger partial charge in [0.2, 0.25) is 10.0 Å². The van der Waals surface area contributed by atoms with Gasteiger partial charge in [0, 0.05) is 31.3 Å². The van der Waals surface area contributed by atoms with Gasteiger partial charge in [0.05, 0.1) is 23.7 Å². The molecule has 1 aliphatic heterocycles. The van der Waals surface area contributed by atoms with E-state index in [-0.39, 0.29) is 16.9 Å². The molecule has 0 spiro atoms. The highest BCUT2D eigenvalue weighted by atomic mass is 32.2. The number of sulfonamides is 1. The van der Waals surface area contributed by atoms with Gasteiger partial charge in [-0.3, -0.25) is 5.10 Å². The average Bonchev–Trinajstić information content (AvgIpc) is 3.12. The molecule has 134 valence electrons. The summed E-state index contributed by atoms with van der Waals surface area (Å²) in [4.78, 5) is 4.07. The number of aromatic amines is 1. The van der Waals surface area contributed by atoms with Crippen molar-refractivity contribution in [3.8, 4) is 17.1 Å². The molecule has 1 N–H and O–H groups in total. The van der Waals surface area contributed by atoms with E-state index >= 15 is 0 Å². The highest BCUT2D eigenvalue weighted by molar-refractivity contribution is 7.90. The number of hydrogen-bond donors (Lipinski definition) is 1. The lowest BCUT2D eigenvalue weighted by Gasteiger charge is -2.16. The van der Waals surface area contributed by atoms with Crippen LogP contribution < -0.4 is 4.74 Å².